The van der Waals surface area contributed by atoms with E-state index >= 15 is 0 Å². The number of hydrogen-bond acceptors (Lipinski definition) is 4. The van der Waals surface area contributed by atoms with Crippen LogP contribution in [0.3, 0.4) is 0 Å². The van der Waals surface area contributed by atoms with Gasteiger partial charge in [-0.05, 0) is 26.0 Å². The Hall–Kier alpha value is -1.75. The molecule has 0 heterocycles. The number of nitrogens with one attached hydrogen (secondary N) is 1. The van der Waals surface area contributed by atoms with E-state index in [2.05, 4.69) is 5.32 Å². The Morgan fingerprint density at radius 3 is 2.47 bits per heavy atom. The smallest absolute Gasteiger partial charge is 0.258 e. The number of ether oxygens (including phenoxy) is 1. The van der Waals surface area contributed by atoms with Crippen molar-refractivity contribution in [3.05, 3.63) is 23.8 Å². The van der Waals surface area contributed by atoms with Crippen LogP contribution in [-0.4, -0.2) is 35.4 Å². The zero-order valence-electron chi connectivity index (χ0n) is 9.93. The van der Waals surface area contributed by atoms with Crippen molar-refractivity contribution in [1.82, 2.24) is 5.32 Å². The molecule has 0 bridgehead atoms. The first-order chi connectivity index (χ1) is 8.02. The average Bonchev–Trinajstić information content (AvgIpc) is 2.24. The molecule has 0 fully saturated rings. The molecule has 94 valence electrons. The van der Waals surface area contributed by atoms with Gasteiger partial charge in [-0.1, -0.05) is 6.07 Å². The molecule has 0 aliphatic heterocycles. The lowest BCUT2D eigenvalue weighted by Gasteiger charge is -2.10. The molecule has 5 nitrogen and oxygen atoms in total. The molecule has 0 radical (unpaired) electrons. The van der Waals surface area contributed by atoms with Crippen molar-refractivity contribution < 1.29 is 19.7 Å². The van der Waals surface area contributed by atoms with Crippen LogP contribution in [0, 0.1) is 0 Å². The van der Waals surface area contributed by atoms with Gasteiger partial charge in [-0.3, -0.25) is 4.79 Å². The molecule has 1 rings (SSSR count). The molecule has 0 aliphatic rings. The first kappa shape index (κ1) is 13.3. The highest BCUT2D eigenvalue weighted by molar-refractivity contribution is 5.99. The lowest BCUT2D eigenvalue weighted by molar-refractivity contribution is 0.0744. The summed E-state index contributed by atoms with van der Waals surface area (Å²) in [6, 6.07) is 4.15. The molecular formula is C12H17NO4. The van der Waals surface area contributed by atoms with E-state index < -0.39 is 5.91 Å². The van der Waals surface area contributed by atoms with Crippen molar-refractivity contribution in [3.8, 4) is 11.5 Å². The standard InChI is InChI=1S/C12H17NO4/c1-8(2)17-7-6-13-12(16)11-9(14)4-3-5-10(11)15/h3-5,8,14-15H,6-7H2,1-2H3,(H,13,16). The van der Waals surface area contributed by atoms with Gasteiger partial charge in [0.25, 0.3) is 5.91 Å². The van der Waals surface area contributed by atoms with Crippen LogP contribution in [0.1, 0.15) is 24.2 Å². The number of carbonyl (C=O) groups is 1. The minimum atomic E-state index is -0.520. The fourth-order valence-electron chi connectivity index (χ4n) is 1.31. The molecule has 0 saturated heterocycles. The second-order valence-electron chi connectivity index (χ2n) is 3.85. The van der Waals surface area contributed by atoms with E-state index in [4.69, 9.17) is 4.74 Å². The number of phenols is 2. The molecule has 3 N–H and O–H groups in total. The van der Waals surface area contributed by atoms with Crippen LogP contribution in [-0.2, 0) is 4.74 Å². The minimum absolute atomic E-state index is 0.102. The van der Waals surface area contributed by atoms with E-state index in [1.807, 2.05) is 13.8 Å². The Kier molecular flexibility index (Phi) is 4.78. The van der Waals surface area contributed by atoms with Crippen LogP contribution >= 0.6 is 0 Å². The summed E-state index contributed by atoms with van der Waals surface area (Å²) in [6.45, 7) is 4.51. The molecule has 0 saturated carbocycles. The molecule has 0 aliphatic carbocycles. The van der Waals surface area contributed by atoms with Crippen molar-refractivity contribution in [2.45, 2.75) is 20.0 Å². The van der Waals surface area contributed by atoms with Gasteiger partial charge in [0, 0.05) is 6.54 Å². The van der Waals surface area contributed by atoms with Crippen LogP contribution < -0.4 is 5.32 Å². The Labute approximate surface area is 100 Å². The van der Waals surface area contributed by atoms with Crippen molar-refractivity contribution in [1.29, 1.82) is 0 Å². The molecule has 1 amide bonds. The van der Waals surface area contributed by atoms with Gasteiger partial charge < -0.3 is 20.3 Å². The van der Waals surface area contributed by atoms with Crippen molar-refractivity contribution in [3.63, 3.8) is 0 Å². The largest absolute Gasteiger partial charge is 0.507 e. The highest BCUT2D eigenvalue weighted by Crippen LogP contribution is 2.25. The molecule has 0 spiro atoms. The van der Waals surface area contributed by atoms with Gasteiger partial charge in [-0.25, -0.2) is 0 Å². The number of hydrogen-bond donors (Lipinski definition) is 3. The maximum absolute atomic E-state index is 11.6. The minimum Gasteiger partial charge on any atom is -0.507 e. The van der Waals surface area contributed by atoms with Crippen LogP contribution in [0.15, 0.2) is 18.2 Å². The monoisotopic (exact) mass is 239 g/mol. The van der Waals surface area contributed by atoms with E-state index in [0.29, 0.717) is 13.2 Å². The summed E-state index contributed by atoms with van der Waals surface area (Å²) in [7, 11) is 0. The van der Waals surface area contributed by atoms with E-state index in [-0.39, 0.29) is 23.2 Å². The van der Waals surface area contributed by atoms with Gasteiger partial charge in [0.1, 0.15) is 17.1 Å². The normalized spacial score (nSPS) is 10.5. The predicted molar refractivity (Wildman–Crippen MR) is 63.2 cm³/mol. The molecule has 0 atom stereocenters. The average molecular weight is 239 g/mol. The van der Waals surface area contributed by atoms with Crippen LogP contribution in [0.25, 0.3) is 0 Å². The quantitative estimate of drug-likeness (QED) is 0.676. The molecular weight excluding hydrogens is 222 g/mol. The van der Waals surface area contributed by atoms with Crippen LogP contribution in [0.5, 0.6) is 11.5 Å². The lowest BCUT2D eigenvalue weighted by atomic mass is 10.1. The van der Waals surface area contributed by atoms with Crippen LogP contribution in [0.4, 0.5) is 0 Å². The van der Waals surface area contributed by atoms with Crippen molar-refractivity contribution >= 4 is 5.91 Å². The zero-order valence-corrected chi connectivity index (χ0v) is 9.93. The first-order valence-electron chi connectivity index (χ1n) is 5.43. The second-order valence-corrected chi connectivity index (χ2v) is 3.85. The number of aromatic hydroxyl groups is 2. The van der Waals surface area contributed by atoms with E-state index in [1.54, 1.807) is 0 Å². The molecule has 1 aromatic carbocycles. The van der Waals surface area contributed by atoms with Gasteiger partial charge >= 0.3 is 0 Å². The first-order valence-corrected chi connectivity index (χ1v) is 5.43. The number of amides is 1. The third-order valence-electron chi connectivity index (χ3n) is 2.09. The summed E-state index contributed by atoms with van der Waals surface area (Å²) in [6.07, 6.45) is 0.102. The van der Waals surface area contributed by atoms with Gasteiger partial charge in [0.2, 0.25) is 0 Å². The van der Waals surface area contributed by atoms with E-state index in [0.717, 1.165) is 0 Å². The van der Waals surface area contributed by atoms with Crippen molar-refractivity contribution in [2.24, 2.45) is 0 Å². The number of rotatable bonds is 5. The Morgan fingerprint density at radius 1 is 1.35 bits per heavy atom. The number of phenolic OH excluding ortho intramolecular Hbond substituents is 2. The zero-order chi connectivity index (χ0) is 12.8. The van der Waals surface area contributed by atoms with E-state index in [1.165, 1.54) is 18.2 Å². The Bertz CT molecular complexity index is 370. The van der Waals surface area contributed by atoms with E-state index in [9.17, 15) is 15.0 Å². The fourth-order valence-corrected chi connectivity index (χ4v) is 1.31. The molecule has 0 aromatic heterocycles. The number of carbonyl (C=O) groups excluding carboxylic acids is 1. The maximum Gasteiger partial charge on any atom is 0.258 e. The summed E-state index contributed by atoms with van der Waals surface area (Å²) in [4.78, 5) is 11.6. The summed E-state index contributed by atoms with van der Waals surface area (Å²) in [5, 5.41) is 21.5. The molecule has 17 heavy (non-hydrogen) atoms. The van der Waals surface area contributed by atoms with Gasteiger partial charge in [0.05, 0.1) is 12.7 Å². The lowest BCUT2D eigenvalue weighted by Crippen LogP contribution is -2.28. The van der Waals surface area contributed by atoms with Gasteiger partial charge in [-0.2, -0.15) is 0 Å². The summed E-state index contributed by atoms with van der Waals surface area (Å²) in [5.74, 6) is -1.01. The third kappa shape index (κ3) is 3.96. The van der Waals surface area contributed by atoms with Gasteiger partial charge in [-0.15, -0.1) is 0 Å². The molecule has 5 heteroatoms. The highest BCUT2D eigenvalue weighted by atomic mass is 16.5. The topological polar surface area (TPSA) is 78.8 Å². The van der Waals surface area contributed by atoms with Crippen molar-refractivity contribution in [2.75, 3.05) is 13.2 Å². The van der Waals surface area contributed by atoms with Gasteiger partial charge in [0.15, 0.2) is 0 Å². The SMILES string of the molecule is CC(C)OCCNC(=O)c1c(O)cccc1O. The fraction of sp³-hybridized carbons (Fsp3) is 0.417. The summed E-state index contributed by atoms with van der Waals surface area (Å²) < 4.78 is 5.25. The molecule has 1 aromatic rings. The second kappa shape index (κ2) is 6.10. The molecule has 0 unspecified atom stereocenters. The Morgan fingerprint density at radius 2 is 1.94 bits per heavy atom. The summed E-state index contributed by atoms with van der Waals surface area (Å²) in [5.41, 5.74) is -0.114. The third-order valence-corrected chi connectivity index (χ3v) is 2.09. The Balaban J connectivity index is 2.53. The van der Waals surface area contributed by atoms with Crippen LogP contribution in [0.2, 0.25) is 0 Å². The summed E-state index contributed by atoms with van der Waals surface area (Å²) >= 11 is 0. The maximum atomic E-state index is 11.6. The predicted octanol–water partition coefficient (Wildman–Crippen LogP) is 1.25. The highest BCUT2D eigenvalue weighted by Gasteiger charge is 2.15. The number of benzene rings is 1.